The van der Waals surface area contributed by atoms with Crippen molar-refractivity contribution >= 4 is 104 Å². The van der Waals surface area contributed by atoms with Crippen LogP contribution < -0.4 is 67.1 Å². The Morgan fingerprint density at radius 2 is 0.250 bits per heavy atom. The maximum absolute atomic E-state index is 2.78. The molecule has 12 aromatic carbocycles. The van der Waals surface area contributed by atoms with Crippen molar-refractivity contribution in [2.24, 2.45) is 0 Å². The second kappa shape index (κ2) is 21.5. The van der Waals surface area contributed by atoms with Crippen LogP contribution in [-0.4, -0.2) is 24.2 Å². The van der Waals surface area contributed by atoms with Crippen molar-refractivity contribution in [2.45, 2.75) is 0 Å². The van der Waals surface area contributed by atoms with Gasteiger partial charge in [-0.05, 0) is 98.6 Å². The highest BCUT2D eigenvalue weighted by Gasteiger charge is 2.44. The Labute approximate surface area is 451 Å². The van der Waals surface area contributed by atoms with Crippen molar-refractivity contribution in [3.05, 3.63) is 346 Å². The lowest BCUT2D eigenvalue weighted by atomic mass is 10.2. The molecule has 0 aliphatic heterocycles. The maximum Gasteiger partial charge on any atom is 0.179 e. The van der Waals surface area contributed by atoms with E-state index in [1.807, 2.05) is 0 Å². The van der Waals surface area contributed by atoms with Crippen molar-refractivity contribution in [3.63, 3.8) is 0 Å². The van der Waals surface area contributed by atoms with Gasteiger partial charge < -0.3 is 4.90 Å². The molecule has 0 aliphatic rings. The van der Waals surface area contributed by atoms with E-state index in [0.29, 0.717) is 0 Å². The molecule has 0 saturated carbocycles. The molecule has 0 atom stereocenters. The van der Waals surface area contributed by atoms with Gasteiger partial charge in [0.15, 0.2) is 24.2 Å². The minimum absolute atomic E-state index is 1.09. The summed E-state index contributed by atoms with van der Waals surface area (Å²) in [5.74, 6) is 0. The van der Waals surface area contributed by atoms with E-state index in [1.165, 1.54) is 62.2 Å². The number of nitrogens with zero attached hydrogens (tertiary/aromatic N) is 1. The first-order valence-corrected chi connectivity index (χ1v) is 32.3. The summed E-state index contributed by atoms with van der Waals surface area (Å²) in [5.41, 5.74) is 3.28. The van der Waals surface area contributed by atoms with Crippen LogP contribution in [0, 0.1) is 0 Å². The number of hydrogen-bond acceptors (Lipinski definition) is 1. The third-order valence-electron chi connectivity index (χ3n) is 15.5. The van der Waals surface area contributed by atoms with Gasteiger partial charge in [-0.3, -0.25) is 0 Å². The lowest BCUT2D eigenvalue weighted by Crippen LogP contribution is -2.74. The average molecular weight is 1020 g/mol. The van der Waals surface area contributed by atoms with Crippen LogP contribution in [0.15, 0.2) is 346 Å². The Balaban J connectivity index is 1.06. The van der Waals surface area contributed by atoms with Gasteiger partial charge in [-0.1, -0.05) is 309 Å². The summed E-state index contributed by atoms with van der Waals surface area (Å²) in [7, 11) is -8.33. The molecule has 0 unspecified atom stereocenters. The molecule has 0 fully saturated rings. The first-order valence-electron chi connectivity index (χ1n) is 26.3. The number of hydrogen-bond donors (Lipinski definition) is 0. The Morgan fingerprint density at radius 3 is 0.382 bits per heavy atom. The van der Waals surface area contributed by atoms with Gasteiger partial charge in [-0.25, -0.2) is 0 Å². The number of anilines is 3. The Bertz CT molecular complexity index is 3050. The number of benzene rings is 12. The zero-order valence-electron chi connectivity index (χ0n) is 42.4. The van der Waals surface area contributed by atoms with Crippen LogP contribution >= 0.6 is 0 Å². The van der Waals surface area contributed by atoms with Gasteiger partial charge >= 0.3 is 0 Å². The topological polar surface area (TPSA) is 3.24 Å². The molecule has 0 heterocycles. The zero-order valence-corrected chi connectivity index (χ0v) is 45.4. The van der Waals surface area contributed by atoms with E-state index in [1.54, 1.807) is 0 Å². The van der Waals surface area contributed by atoms with Crippen molar-refractivity contribution in [2.75, 3.05) is 4.90 Å². The average Bonchev–Trinajstić information content (AvgIpc) is 3.54. The Morgan fingerprint density at radius 1 is 0.132 bits per heavy atom. The fourth-order valence-corrected chi connectivity index (χ4v) is 26.5. The summed E-state index contributed by atoms with van der Waals surface area (Å²) in [6.07, 6.45) is 0. The zero-order chi connectivity index (χ0) is 51.0. The van der Waals surface area contributed by atoms with Crippen molar-refractivity contribution in [3.8, 4) is 0 Å². The van der Waals surface area contributed by atoms with E-state index >= 15 is 0 Å². The van der Waals surface area contributed by atoms with Gasteiger partial charge in [-0.15, -0.1) is 0 Å². The predicted octanol–water partition coefficient (Wildman–Crippen LogP) is 9.29. The molecule has 4 heteroatoms. The van der Waals surface area contributed by atoms with Gasteiger partial charge in [0.05, 0.1) is 0 Å². The van der Waals surface area contributed by atoms with E-state index in [4.69, 9.17) is 0 Å². The molecule has 76 heavy (non-hydrogen) atoms. The molecule has 0 saturated heterocycles. The van der Waals surface area contributed by atoms with Gasteiger partial charge in [0.2, 0.25) is 0 Å². The highest BCUT2D eigenvalue weighted by atomic mass is 28.3. The molecule has 0 aromatic heterocycles. The molecule has 362 valence electrons. The van der Waals surface area contributed by atoms with Gasteiger partial charge in [-0.2, -0.15) is 0 Å². The maximum atomic E-state index is 2.46. The molecule has 0 spiro atoms. The van der Waals surface area contributed by atoms with Crippen LogP contribution in [0.4, 0.5) is 17.1 Å². The molecule has 1 nitrogen and oxygen atoms in total. The highest BCUT2D eigenvalue weighted by molar-refractivity contribution is 7.21. The van der Waals surface area contributed by atoms with Crippen molar-refractivity contribution in [1.29, 1.82) is 0 Å². The number of rotatable bonds is 15. The fourth-order valence-electron chi connectivity index (χ4n) is 12.2. The van der Waals surface area contributed by atoms with Crippen LogP contribution in [0.3, 0.4) is 0 Å². The lowest BCUT2D eigenvalue weighted by Gasteiger charge is -2.36. The van der Waals surface area contributed by atoms with E-state index in [-0.39, 0.29) is 0 Å². The summed E-state index contributed by atoms with van der Waals surface area (Å²) in [5, 5.41) is 16.2. The third-order valence-corrected chi connectivity index (χ3v) is 29.9. The van der Waals surface area contributed by atoms with Crippen molar-refractivity contribution < 1.29 is 0 Å². The van der Waals surface area contributed by atoms with Crippen LogP contribution in [0.1, 0.15) is 0 Å². The van der Waals surface area contributed by atoms with E-state index in [9.17, 15) is 0 Å². The van der Waals surface area contributed by atoms with E-state index in [0.717, 1.165) is 17.1 Å². The minimum Gasteiger partial charge on any atom is -0.311 e. The summed E-state index contributed by atoms with van der Waals surface area (Å²) in [4.78, 5) is 2.46. The van der Waals surface area contributed by atoms with Gasteiger partial charge in [0.1, 0.15) is 0 Å². The van der Waals surface area contributed by atoms with Crippen molar-refractivity contribution in [1.82, 2.24) is 0 Å². The molecule has 0 bridgehead atoms. The predicted molar refractivity (Wildman–Crippen MR) is 332 cm³/mol. The van der Waals surface area contributed by atoms with Crippen LogP contribution in [0.2, 0.25) is 0 Å². The summed E-state index contributed by atoms with van der Waals surface area (Å²) < 4.78 is 0. The quantitative estimate of drug-likeness (QED) is 0.0732. The minimum atomic E-state index is -2.78. The summed E-state index contributed by atoms with van der Waals surface area (Å²) in [6.45, 7) is 0. The summed E-state index contributed by atoms with van der Waals surface area (Å²) >= 11 is 0. The van der Waals surface area contributed by atoms with Crippen LogP contribution in [-0.2, 0) is 0 Å². The SMILES string of the molecule is c1ccc([Si](c2ccccc2)(c2ccccc2)c2ccc(N(c3ccc([Si](c4ccccc4)(c4ccccc4)c4ccccc4)cc3)c3ccc([Si](c4ccccc4)(c4ccccc4)c4ccccc4)cc3)cc2)cc1. The van der Waals surface area contributed by atoms with E-state index in [2.05, 4.69) is 351 Å². The Kier molecular flexibility index (Phi) is 13.6. The normalized spacial score (nSPS) is 11.7. The molecule has 12 aromatic rings. The molecule has 12 rings (SSSR count). The lowest BCUT2D eigenvalue weighted by molar-refractivity contribution is 1.29. The third kappa shape index (κ3) is 8.53. The monoisotopic (exact) mass is 1020 g/mol. The molecule has 0 N–H and O–H groups in total. The fraction of sp³-hybridized carbons (Fsp3) is 0. The Hall–Kier alpha value is -8.91. The van der Waals surface area contributed by atoms with Gasteiger partial charge in [0.25, 0.3) is 0 Å². The molecule has 0 amide bonds. The van der Waals surface area contributed by atoms with Crippen LogP contribution in [0.25, 0.3) is 0 Å². The smallest absolute Gasteiger partial charge is 0.179 e. The second-order valence-corrected chi connectivity index (χ2v) is 30.9. The van der Waals surface area contributed by atoms with Crippen LogP contribution in [0.5, 0.6) is 0 Å². The van der Waals surface area contributed by atoms with Gasteiger partial charge in [0, 0.05) is 17.1 Å². The first kappa shape index (κ1) is 48.1. The first-order chi connectivity index (χ1) is 37.7. The van der Waals surface area contributed by atoms with E-state index < -0.39 is 24.2 Å². The second-order valence-electron chi connectivity index (χ2n) is 19.5. The molecule has 0 radical (unpaired) electrons. The largest absolute Gasteiger partial charge is 0.311 e. The molecular formula is C72H57NSi3. The molecule has 0 aliphatic carbocycles. The standard InChI is InChI=1S/C72H57NSi3/c1-10-28-61(29-11-1)74(62-30-12-2-13-31-62,63-32-14-3-15-33-63)70-52-46-58(47-53-70)73(59-48-54-71(55-49-59)75(64-34-16-4-17-35-64,65-36-18-5-19-37-65)66-38-20-6-21-39-66)60-50-56-72(57-51-60)76(67-40-22-7-23-41-67,68-42-24-8-25-43-68)69-44-26-9-27-45-69/h1-57H. The molecular weight excluding hydrogens is 963 g/mol. The summed E-state index contributed by atoms with van der Waals surface area (Å²) in [6, 6.07) is 129. The highest BCUT2D eigenvalue weighted by Crippen LogP contribution is 2.34.